The van der Waals surface area contributed by atoms with Crippen molar-refractivity contribution in [2.45, 2.75) is 418 Å². The molecule has 4 aliphatic heterocycles. The van der Waals surface area contributed by atoms with E-state index in [1.807, 2.05) is 0 Å². The molecule has 4 heterocycles. The molecule has 0 aromatic carbocycles. The fourth-order valence-electron chi connectivity index (χ4n) is 14.8. The number of hydrogen-bond donors (Lipinski definition) is 21. The third-order valence-corrected chi connectivity index (χ3v) is 21.7. The molecule has 34 heteroatoms. The second kappa shape index (κ2) is 52.9. The van der Waals surface area contributed by atoms with Crippen LogP contribution in [0.1, 0.15) is 259 Å². The molecule has 4 fully saturated rings. The molecule has 4 rings (SSSR count). The first kappa shape index (κ1) is 99.7. The maximum atomic E-state index is 13.8. The minimum Gasteiger partial charge on any atom is -0.477 e. The number of carboxylic acid groups (broad SMARTS) is 2. The molecular formula is C77H141N3O31. The maximum Gasteiger partial charge on any atom is 0.364 e. The highest BCUT2D eigenvalue weighted by molar-refractivity contribution is 5.81. The van der Waals surface area contributed by atoms with Gasteiger partial charge in [-0.15, -0.1) is 0 Å². The van der Waals surface area contributed by atoms with Crippen LogP contribution in [0.25, 0.3) is 0 Å². The van der Waals surface area contributed by atoms with Gasteiger partial charge in [-0.25, -0.2) is 9.59 Å². The van der Waals surface area contributed by atoms with Crippen LogP contribution in [0, 0.1) is 5.92 Å². The Kier molecular flexibility index (Phi) is 47.6. The Labute approximate surface area is 653 Å². The Bertz CT molecular complexity index is 2580. The van der Waals surface area contributed by atoms with Gasteiger partial charge in [-0.1, -0.05) is 220 Å². The van der Waals surface area contributed by atoms with E-state index in [9.17, 15) is 116 Å². The molecular weight excluding hydrogens is 1460 g/mol. The Morgan fingerprint density at radius 2 is 0.928 bits per heavy atom. The number of carbonyl (C=O) groups excluding carboxylic acids is 3. The van der Waals surface area contributed by atoms with E-state index in [-0.39, 0.29) is 12.8 Å². The van der Waals surface area contributed by atoms with Crippen molar-refractivity contribution < 1.29 is 154 Å². The zero-order valence-corrected chi connectivity index (χ0v) is 66.1. The van der Waals surface area contributed by atoms with Gasteiger partial charge in [0.15, 0.2) is 12.6 Å². The lowest BCUT2D eigenvalue weighted by Crippen LogP contribution is -2.72. The summed E-state index contributed by atoms with van der Waals surface area (Å²) in [5.74, 6) is -13.6. The lowest BCUT2D eigenvalue weighted by Gasteiger charge is -2.52. The fourth-order valence-corrected chi connectivity index (χ4v) is 14.8. The Morgan fingerprint density at radius 1 is 0.495 bits per heavy atom. The number of aliphatic carboxylic acids is 2. The number of rotatable bonds is 59. The highest BCUT2D eigenvalue weighted by Crippen LogP contribution is 2.42. The topological polar surface area (TPSA) is 559 Å². The number of carboxylic acids is 2. The number of hydrogen-bond acceptors (Lipinski definition) is 29. The molecule has 26 atom stereocenters. The molecule has 0 aromatic heterocycles. The molecule has 0 bridgehead atoms. The summed E-state index contributed by atoms with van der Waals surface area (Å²) in [6.07, 6.45) is -10.0. The van der Waals surface area contributed by atoms with Gasteiger partial charge in [0.25, 0.3) is 11.6 Å². The van der Waals surface area contributed by atoms with Crippen molar-refractivity contribution in [3.63, 3.8) is 0 Å². The van der Waals surface area contributed by atoms with E-state index in [1.165, 1.54) is 122 Å². The minimum atomic E-state index is -3.41. The predicted molar refractivity (Wildman–Crippen MR) is 398 cm³/mol. The van der Waals surface area contributed by atoms with Gasteiger partial charge in [-0.2, -0.15) is 0 Å². The van der Waals surface area contributed by atoms with Crippen molar-refractivity contribution in [2.24, 2.45) is 5.92 Å². The van der Waals surface area contributed by atoms with E-state index in [2.05, 4.69) is 36.7 Å². The second-order valence-electron chi connectivity index (χ2n) is 31.6. The summed E-state index contributed by atoms with van der Waals surface area (Å²) in [5.41, 5.74) is 0. The van der Waals surface area contributed by atoms with E-state index >= 15 is 0 Å². The van der Waals surface area contributed by atoms with E-state index in [4.69, 9.17) is 37.9 Å². The van der Waals surface area contributed by atoms with Crippen LogP contribution in [0.5, 0.6) is 0 Å². The van der Waals surface area contributed by atoms with E-state index in [1.54, 1.807) is 0 Å². The van der Waals surface area contributed by atoms with Crippen molar-refractivity contribution >= 4 is 29.7 Å². The maximum absolute atomic E-state index is 13.8. The number of aliphatic hydroxyl groups excluding tert-OH is 16. The monoisotopic (exact) mass is 1600 g/mol. The SMILES string of the molecule is CCCCCCCCCCCCCCCCCCCCCCC[C@@H](O)C(=O)N[C@@H](CO[C@@H]1O[C@H](CO[C@]2(C(=O)O)C[C@H](O[C@]3(C(=O)O)C[C@H](O)[C@@H](NC(=O)CO[C@@H]4O[C@@H](C)[C@@H](O)[C@@H](O)[C@@H]4O)[C@H]([C@H](O)[C@H](O)CO)O3)[C@@H](NC(C)=O)[C@H]([C@H](O)[C@H](O)CO)O2)[C@@H](O)[C@H](O)[C@H]1O)[C@H](O)[C@H](O)CCCCCCCCCCCC(C)C. The molecule has 3 amide bonds. The number of unbranched alkanes of at least 4 members (excludes halogenated alkanes) is 28. The molecule has 0 spiro atoms. The van der Waals surface area contributed by atoms with Crippen molar-refractivity contribution in [1.82, 2.24) is 16.0 Å². The number of nitrogens with one attached hydrogen (secondary N) is 3. The van der Waals surface area contributed by atoms with Gasteiger partial charge in [0, 0.05) is 19.8 Å². The lowest BCUT2D eigenvalue weighted by atomic mass is 9.86. The summed E-state index contributed by atoms with van der Waals surface area (Å²) >= 11 is 0. The molecule has 111 heavy (non-hydrogen) atoms. The van der Waals surface area contributed by atoms with Crippen LogP contribution < -0.4 is 16.0 Å². The minimum absolute atomic E-state index is 0.0552. The third kappa shape index (κ3) is 33.4. The highest BCUT2D eigenvalue weighted by atomic mass is 16.8. The fraction of sp³-hybridized carbons (Fsp3) is 0.935. The molecule has 21 N–H and O–H groups in total. The van der Waals surface area contributed by atoms with E-state index < -0.39 is 234 Å². The first-order valence-electron chi connectivity index (χ1n) is 41.1. The summed E-state index contributed by atoms with van der Waals surface area (Å²) in [5, 5.41) is 205. The zero-order valence-electron chi connectivity index (χ0n) is 66.1. The number of amides is 3. The molecule has 0 aromatic rings. The molecule has 0 saturated carbocycles. The molecule has 4 saturated heterocycles. The first-order chi connectivity index (χ1) is 52.8. The van der Waals surface area contributed by atoms with Gasteiger partial charge < -0.3 is 146 Å². The Balaban J connectivity index is 1.51. The summed E-state index contributed by atoms with van der Waals surface area (Å²) < 4.78 is 46.1. The van der Waals surface area contributed by atoms with Crippen LogP contribution in [0.3, 0.4) is 0 Å². The van der Waals surface area contributed by atoms with Gasteiger partial charge in [0.05, 0.1) is 69.0 Å². The average molecular weight is 1600 g/mol. The first-order valence-corrected chi connectivity index (χ1v) is 41.1. The smallest absolute Gasteiger partial charge is 0.364 e. The number of ether oxygens (including phenoxy) is 8. The summed E-state index contributed by atoms with van der Waals surface area (Å²) in [6.45, 7) is 3.22. The van der Waals surface area contributed by atoms with Crippen molar-refractivity contribution in [1.29, 1.82) is 0 Å². The lowest BCUT2D eigenvalue weighted by molar-refractivity contribution is -0.365. The van der Waals surface area contributed by atoms with Gasteiger partial charge >= 0.3 is 11.9 Å². The molecule has 4 aliphatic rings. The number of aliphatic hydroxyl groups is 16. The molecule has 0 aliphatic carbocycles. The van der Waals surface area contributed by atoms with E-state index in [0.29, 0.717) is 18.8 Å². The van der Waals surface area contributed by atoms with E-state index in [0.717, 1.165) is 77.6 Å². The van der Waals surface area contributed by atoms with Gasteiger partial charge in [0.1, 0.15) is 98.2 Å². The van der Waals surface area contributed by atoms with Gasteiger partial charge in [-0.05, 0) is 25.7 Å². The standard InChI is InChI=1S/C77H141N3O31/c1-6-7-8-9-10-11-12-13-14-15-16-17-18-19-20-21-22-25-29-32-35-38-51(85)71(99)79-49(61(91)50(84)37-34-31-28-26-23-24-27-30-33-36-46(2)3)43-104-73-68(98)66(96)64(94)56(108-73)44-106-76(74(100)101)40-55(59(78-48(5)83)70(110-76)63(93)54(88)42-82)109-77(75(102)103)39-52(86)58(69(111-77)62(92)53(87)41-81)80-57(89)45-105-72-67(97)65(95)60(90)47(4)107-72/h46-47,49-56,58-70,72-73,81-82,84-88,90-98H,6-45H2,1-5H3,(H,78,83)(H,79,99)(H,80,89)(H,100,101)(H,102,103)/t47-,49-,50+,51+,52-,53+,54+,55-,56+,58+,59+,60+,61-,62+,63+,64+,65+,66-,67-,68+,69+,70+,72+,73+,76+,77+/m0/s1. The van der Waals surface area contributed by atoms with Gasteiger partial charge in [-0.3, -0.25) is 14.4 Å². The largest absolute Gasteiger partial charge is 0.477 e. The summed E-state index contributed by atoms with van der Waals surface area (Å²) in [4.78, 5) is 67.8. The van der Waals surface area contributed by atoms with Crippen molar-refractivity contribution in [3.05, 3.63) is 0 Å². The predicted octanol–water partition coefficient (Wildman–Crippen LogP) is 1.09. The summed E-state index contributed by atoms with van der Waals surface area (Å²) in [7, 11) is 0. The van der Waals surface area contributed by atoms with Gasteiger partial charge in [0.2, 0.25) is 17.7 Å². The second-order valence-corrected chi connectivity index (χ2v) is 31.6. The quantitative estimate of drug-likeness (QED) is 0.0379. The average Bonchev–Trinajstić information content (AvgIpc) is 0.743. The Morgan fingerprint density at radius 3 is 1.39 bits per heavy atom. The van der Waals surface area contributed by atoms with Crippen LogP contribution >= 0.6 is 0 Å². The van der Waals surface area contributed by atoms with Crippen LogP contribution in [-0.4, -0.2) is 313 Å². The Hall–Kier alpha value is -3.61. The number of carbonyl (C=O) groups is 5. The van der Waals surface area contributed by atoms with Crippen LogP contribution in [-0.2, 0) is 61.9 Å². The summed E-state index contributed by atoms with van der Waals surface area (Å²) in [6, 6.07) is -5.57. The molecule has 0 radical (unpaired) electrons. The van der Waals surface area contributed by atoms with Crippen molar-refractivity contribution in [3.8, 4) is 0 Å². The molecule has 0 unspecified atom stereocenters. The molecule has 34 nitrogen and oxygen atoms in total. The van der Waals surface area contributed by atoms with Crippen LogP contribution in [0.4, 0.5) is 0 Å². The van der Waals surface area contributed by atoms with Crippen LogP contribution in [0.15, 0.2) is 0 Å². The normalized spacial score (nSPS) is 30.7. The van der Waals surface area contributed by atoms with Crippen molar-refractivity contribution in [2.75, 3.05) is 33.0 Å². The third-order valence-electron chi connectivity index (χ3n) is 21.7. The highest BCUT2D eigenvalue weighted by Gasteiger charge is 2.63. The zero-order chi connectivity index (χ0) is 82.4. The van der Waals surface area contributed by atoms with Crippen LogP contribution in [0.2, 0.25) is 0 Å². The molecule has 650 valence electrons.